The van der Waals surface area contributed by atoms with E-state index >= 15 is 0 Å². The molecule has 6 N–H and O–H groups in total. The van der Waals surface area contributed by atoms with E-state index in [0.29, 0.717) is 46.8 Å². The summed E-state index contributed by atoms with van der Waals surface area (Å²) < 4.78 is 20.9. The molecule has 3 fully saturated rings. The van der Waals surface area contributed by atoms with Crippen LogP contribution in [0, 0.1) is 17.7 Å². The minimum atomic E-state index is -1.14. The molecule has 2 bridgehead atoms. The molecule has 10 nitrogen and oxygen atoms in total. The van der Waals surface area contributed by atoms with Gasteiger partial charge < -0.3 is 40.6 Å². The summed E-state index contributed by atoms with van der Waals surface area (Å²) in [5.74, 6) is 0.535. The van der Waals surface area contributed by atoms with E-state index in [2.05, 4.69) is 20.5 Å². The number of H-pyrrole nitrogens is 1. The normalized spacial score (nSPS) is 20.0. The molecule has 1 aromatic heterocycles. The number of carbonyl (C=O) groups is 1. The highest BCUT2D eigenvalue weighted by Gasteiger charge is 2.51. The molecule has 4 aromatic rings. The van der Waals surface area contributed by atoms with Crippen LogP contribution in [0.25, 0.3) is 10.9 Å². The number of aromatic nitrogens is 1. The van der Waals surface area contributed by atoms with E-state index < -0.39 is 23.6 Å². The monoisotopic (exact) mass is 714 g/mol. The highest BCUT2D eigenvalue weighted by atomic mass is 19.1. The Labute approximate surface area is 304 Å². The average Bonchev–Trinajstić information content (AvgIpc) is 3.15. The summed E-state index contributed by atoms with van der Waals surface area (Å²) in [4.78, 5) is 29.1. The first kappa shape index (κ1) is 37.3. The number of aromatic hydroxyl groups is 1. The Kier molecular flexibility index (Phi) is 12.5. The van der Waals surface area contributed by atoms with E-state index in [4.69, 9.17) is 4.74 Å². The Bertz CT molecular complexity index is 1860. The molecule has 3 aromatic carbocycles. The number of nitrogens with zero attached hydrogens (tertiary/aromatic N) is 1. The second-order valence-corrected chi connectivity index (χ2v) is 14.3. The number of fused-ring (bicyclic) bond motifs is 4. The predicted molar refractivity (Wildman–Crippen MR) is 199 cm³/mol. The lowest BCUT2D eigenvalue weighted by atomic mass is 9.63. The largest absolute Gasteiger partial charge is 0.506 e. The van der Waals surface area contributed by atoms with Gasteiger partial charge in [0.2, 0.25) is 5.56 Å². The molecule has 0 spiro atoms. The highest BCUT2D eigenvalue weighted by molar-refractivity contribution is 5.87. The number of benzene rings is 3. The Morgan fingerprint density at radius 1 is 0.942 bits per heavy atom. The molecule has 4 heterocycles. The molecular weight excluding hydrogens is 663 g/mol. The fourth-order valence-electron chi connectivity index (χ4n) is 8.35. The third kappa shape index (κ3) is 8.77. The number of carboxylic acid groups (broad SMARTS) is 1. The number of unbranched alkanes of at least 4 members (excludes halogenated alkanes) is 6. The quantitative estimate of drug-likeness (QED) is 0.0628. The van der Waals surface area contributed by atoms with Gasteiger partial charge in [-0.15, -0.1) is 0 Å². The molecule has 1 amide bonds. The molecule has 3 saturated heterocycles. The summed E-state index contributed by atoms with van der Waals surface area (Å²) in [7, 11) is 0. The van der Waals surface area contributed by atoms with Gasteiger partial charge in [-0.1, -0.05) is 62.4 Å². The fourth-order valence-corrected chi connectivity index (χ4v) is 8.35. The number of pyridine rings is 1. The highest BCUT2D eigenvalue weighted by Crippen LogP contribution is 2.48. The average molecular weight is 715 g/mol. The minimum Gasteiger partial charge on any atom is -0.506 e. The van der Waals surface area contributed by atoms with Crippen molar-refractivity contribution in [2.75, 3.05) is 39.3 Å². The van der Waals surface area contributed by atoms with Crippen molar-refractivity contribution in [3.63, 3.8) is 0 Å². The summed E-state index contributed by atoms with van der Waals surface area (Å²) in [6, 6.07) is 20.2. The lowest BCUT2D eigenvalue weighted by molar-refractivity contribution is 0.00708. The van der Waals surface area contributed by atoms with E-state index in [9.17, 15) is 29.3 Å². The van der Waals surface area contributed by atoms with Gasteiger partial charge in [0.15, 0.2) is 0 Å². The first-order valence-electron chi connectivity index (χ1n) is 18.7. The number of amides is 1. The summed E-state index contributed by atoms with van der Waals surface area (Å²) >= 11 is 0. The molecule has 3 aliphatic heterocycles. The van der Waals surface area contributed by atoms with E-state index in [0.717, 1.165) is 89.5 Å². The fraction of sp³-hybridized carbons (Fsp3) is 0.463. The van der Waals surface area contributed by atoms with Gasteiger partial charge in [-0.05, 0) is 104 Å². The zero-order valence-corrected chi connectivity index (χ0v) is 29.7. The topological polar surface area (TPSA) is 147 Å². The van der Waals surface area contributed by atoms with Gasteiger partial charge in [0.25, 0.3) is 0 Å². The standard InChI is InChI=1S/C41H51FN4O6/c42-31-12-8-10-29(24-31)41(45-40(50)51,35-27-46-21-18-28(35)19-22-46)30-11-9-13-32(25-30)52-23-7-5-3-1-2-4-6-20-43-26-37(48)33-14-16-36(47)39-34(33)15-17-38(49)44-39/h8-17,24-25,28,35,37,43,45,47-48H,1-7,18-23,26-27H2,(H,44,49)(H,50,51)/t35-,37-,41?/m0/s1. The molecule has 3 atom stereocenters. The third-order valence-electron chi connectivity index (χ3n) is 11.0. The molecule has 0 radical (unpaired) electrons. The van der Waals surface area contributed by atoms with Gasteiger partial charge in [-0.25, -0.2) is 9.18 Å². The van der Waals surface area contributed by atoms with Crippen LogP contribution in [-0.2, 0) is 5.54 Å². The van der Waals surface area contributed by atoms with Crippen LogP contribution >= 0.6 is 0 Å². The number of aliphatic hydroxyl groups excluding tert-OH is 1. The van der Waals surface area contributed by atoms with Crippen LogP contribution in [0.5, 0.6) is 11.5 Å². The summed E-state index contributed by atoms with van der Waals surface area (Å²) in [5, 5.41) is 37.8. The number of hydrogen-bond acceptors (Lipinski definition) is 7. The molecule has 11 heteroatoms. The number of phenols is 1. The van der Waals surface area contributed by atoms with Crippen molar-refractivity contribution >= 4 is 17.0 Å². The van der Waals surface area contributed by atoms with E-state index in [-0.39, 0.29) is 17.2 Å². The molecule has 52 heavy (non-hydrogen) atoms. The van der Waals surface area contributed by atoms with Crippen molar-refractivity contribution in [2.45, 2.75) is 69.4 Å². The van der Waals surface area contributed by atoms with Crippen LogP contribution in [0.2, 0.25) is 0 Å². The van der Waals surface area contributed by atoms with Crippen molar-refractivity contribution in [2.24, 2.45) is 11.8 Å². The van der Waals surface area contributed by atoms with Gasteiger partial charge >= 0.3 is 6.09 Å². The zero-order chi connectivity index (χ0) is 36.5. The first-order chi connectivity index (χ1) is 25.2. The van der Waals surface area contributed by atoms with Gasteiger partial charge in [0.1, 0.15) is 17.3 Å². The molecule has 7 rings (SSSR count). The molecule has 278 valence electrons. The third-order valence-corrected chi connectivity index (χ3v) is 11.0. The van der Waals surface area contributed by atoms with E-state index in [1.807, 2.05) is 30.3 Å². The van der Waals surface area contributed by atoms with Crippen LogP contribution in [0.3, 0.4) is 0 Å². The Morgan fingerprint density at radius 2 is 1.65 bits per heavy atom. The molecule has 0 aliphatic carbocycles. The number of nitrogens with one attached hydrogen (secondary N) is 3. The molecule has 3 aliphatic rings. The summed E-state index contributed by atoms with van der Waals surface area (Å²) in [5.41, 5.74) is 0.954. The van der Waals surface area contributed by atoms with Crippen LogP contribution < -0.4 is 20.9 Å². The molecule has 1 unspecified atom stereocenters. The maximum Gasteiger partial charge on any atom is 0.405 e. The van der Waals surface area contributed by atoms with Crippen LogP contribution in [0.4, 0.5) is 9.18 Å². The Hall–Kier alpha value is -4.45. The van der Waals surface area contributed by atoms with Crippen LogP contribution in [0.15, 0.2) is 77.6 Å². The number of phenolic OH excluding ortho intramolecular Hbond substituents is 1. The second-order valence-electron chi connectivity index (χ2n) is 14.3. The minimum absolute atomic E-state index is 0.0221. The number of halogens is 1. The van der Waals surface area contributed by atoms with E-state index in [1.54, 1.807) is 18.2 Å². The lowest BCUT2D eigenvalue weighted by Crippen LogP contribution is -2.61. The van der Waals surface area contributed by atoms with Crippen LogP contribution in [0.1, 0.15) is 80.6 Å². The van der Waals surface area contributed by atoms with Gasteiger partial charge in [0.05, 0.1) is 23.8 Å². The van der Waals surface area contributed by atoms with Gasteiger partial charge in [-0.3, -0.25) is 4.79 Å². The number of ether oxygens (including phenoxy) is 1. The first-order valence-corrected chi connectivity index (χ1v) is 18.7. The maximum absolute atomic E-state index is 14.7. The van der Waals surface area contributed by atoms with Crippen molar-refractivity contribution in [1.29, 1.82) is 0 Å². The van der Waals surface area contributed by atoms with Crippen molar-refractivity contribution in [3.8, 4) is 11.5 Å². The summed E-state index contributed by atoms with van der Waals surface area (Å²) in [6.45, 7) is 4.48. The molecular formula is C41H51FN4O6. The SMILES string of the molecule is O=C(O)NC(c1cccc(F)c1)(c1cccc(OCCCCCCCCCNC[C@H](O)c2ccc(O)c3[nH]c(=O)ccc23)c1)[C@H]1CN2CCC1CC2. The number of rotatable bonds is 18. The number of aliphatic hydroxyl groups is 1. The number of hydrogen-bond donors (Lipinski definition) is 6. The lowest BCUT2D eigenvalue weighted by Gasteiger charge is -2.53. The van der Waals surface area contributed by atoms with Crippen molar-refractivity contribution in [3.05, 3.63) is 106 Å². The number of piperidine rings is 3. The Balaban J connectivity index is 0.937. The van der Waals surface area contributed by atoms with Gasteiger partial charge in [-0.2, -0.15) is 0 Å². The summed E-state index contributed by atoms with van der Waals surface area (Å²) in [6.07, 6.45) is 7.50. The van der Waals surface area contributed by atoms with E-state index in [1.165, 1.54) is 24.3 Å². The zero-order valence-electron chi connectivity index (χ0n) is 29.7. The smallest absolute Gasteiger partial charge is 0.405 e. The maximum atomic E-state index is 14.7. The number of aromatic amines is 1. The van der Waals surface area contributed by atoms with Crippen molar-refractivity contribution in [1.82, 2.24) is 20.5 Å². The van der Waals surface area contributed by atoms with Crippen LogP contribution in [-0.4, -0.2) is 70.6 Å². The molecule has 0 saturated carbocycles. The Morgan fingerprint density at radius 3 is 2.37 bits per heavy atom. The second kappa shape index (κ2) is 17.4. The van der Waals surface area contributed by atoms with Gasteiger partial charge in [0, 0.05) is 30.5 Å². The predicted octanol–water partition coefficient (Wildman–Crippen LogP) is 6.66. The van der Waals surface area contributed by atoms with Crippen molar-refractivity contribution < 1.29 is 29.2 Å².